The molecule has 0 bridgehead atoms. The van der Waals surface area contributed by atoms with Gasteiger partial charge in [0, 0.05) is 0 Å². The van der Waals surface area contributed by atoms with Crippen molar-refractivity contribution in [3.8, 4) is 11.5 Å². The van der Waals surface area contributed by atoms with E-state index in [1.165, 1.54) is 12.1 Å². The van der Waals surface area contributed by atoms with Gasteiger partial charge in [-0.25, -0.2) is 22.9 Å². The van der Waals surface area contributed by atoms with E-state index in [1.54, 1.807) is 12.1 Å². The number of nitrogens with zero attached hydrogens (tertiary/aromatic N) is 1. The van der Waals surface area contributed by atoms with Crippen LogP contribution >= 0.6 is 11.3 Å². The first kappa shape index (κ1) is 19.4. The Hall–Kier alpha value is -3.34. The molecule has 3 rings (SSSR count). The molecule has 0 aliphatic heterocycles. The van der Waals surface area contributed by atoms with E-state index in [1.807, 2.05) is 0 Å². The van der Waals surface area contributed by atoms with E-state index in [0.29, 0.717) is 0 Å². The lowest BCUT2D eigenvalue weighted by Crippen LogP contribution is -2.23. The van der Waals surface area contributed by atoms with Crippen LogP contribution in [0, 0.1) is 17.5 Å². The number of hydrogen-bond acceptors (Lipinski definition) is 7. The number of fused-ring (bicyclic) bond motifs is 1. The van der Waals surface area contributed by atoms with Crippen LogP contribution in [0.2, 0.25) is 0 Å². The first-order valence-electron chi connectivity index (χ1n) is 7.65. The molecule has 0 radical (unpaired) electrons. The summed E-state index contributed by atoms with van der Waals surface area (Å²) in [6, 6.07) is 6.73. The third-order valence-electron chi connectivity index (χ3n) is 3.34. The Morgan fingerprint density at radius 1 is 1.14 bits per heavy atom. The second kappa shape index (κ2) is 8.13. The summed E-state index contributed by atoms with van der Waals surface area (Å²) >= 11 is 0.723. The van der Waals surface area contributed by atoms with E-state index < -0.39 is 48.1 Å². The molecule has 0 aliphatic rings. The summed E-state index contributed by atoms with van der Waals surface area (Å²) < 4.78 is 49.8. The van der Waals surface area contributed by atoms with Crippen molar-refractivity contribution in [1.82, 2.24) is 4.98 Å². The second-order valence-electron chi connectivity index (χ2n) is 5.32. The molecule has 2 N–H and O–H groups in total. The van der Waals surface area contributed by atoms with E-state index in [2.05, 4.69) is 10.3 Å². The fourth-order valence-electron chi connectivity index (χ4n) is 2.09. The zero-order valence-corrected chi connectivity index (χ0v) is 14.7. The first-order chi connectivity index (χ1) is 13.3. The average molecular weight is 412 g/mol. The molecular weight excluding hydrogens is 401 g/mol. The molecule has 28 heavy (non-hydrogen) atoms. The minimum Gasteiger partial charge on any atom is -0.504 e. The van der Waals surface area contributed by atoms with Gasteiger partial charge in [0.15, 0.2) is 47.3 Å². The van der Waals surface area contributed by atoms with Gasteiger partial charge in [-0.2, -0.15) is 0 Å². The molecule has 1 amide bonds. The molecule has 7 nitrogen and oxygen atoms in total. The number of benzene rings is 2. The molecular formula is C17H11F3N2O5S. The van der Waals surface area contributed by atoms with Crippen LogP contribution in [0.15, 0.2) is 30.3 Å². The van der Waals surface area contributed by atoms with Crippen molar-refractivity contribution in [2.45, 2.75) is 0 Å². The normalized spacial score (nSPS) is 10.7. The quantitative estimate of drug-likeness (QED) is 0.477. The summed E-state index contributed by atoms with van der Waals surface area (Å²) in [6.45, 7) is -1.24. The summed E-state index contributed by atoms with van der Waals surface area (Å²) in [5.74, 6) is -6.25. The third kappa shape index (κ3) is 4.31. The Balaban J connectivity index is 1.53. The number of para-hydroxylation sites is 2. The van der Waals surface area contributed by atoms with Gasteiger partial charge in [0.2, 0.25) is 0 Å². The van der Waals surface area contributed by atoms with Crippen LogP contribution < -0.4 is 10.1 Å². The number of hydrogen-bond donors (Lipinski definition) is 2. The van der Waals surface area contributed by atoms with Gasteiger partial charge in [0.05, 0.1) is 4.70 Å². The number of nitrogens with one attached hydrogen (secondary N) is 1. The predicted molar refractivity (Wildman–Crippen MR) is 92.7 cm³/mol. The molecule has 1 heterocycles. The molecule has 3 aromatic rings. The summed E-state index contributed by atoms with van der Waals surface area (Å²) in [6.07, 6.45) is 0. The van der Waals surface area contributed by atoms with Gasteiger partial charge in [0.1, 0.15) is 5.52 Å². The Morgan fingerprint density at radius 3 is 2.64 bits per heavy atom. The molecule has 0 atom stereocenters. The van der Waals surface area contributed by atoms with Crippen LogP contribution in [-0.4, -0.2) is 35.2 Å². The maximum Gasteiger partial charge on any atom is 0.344 e. The number of esters is 1. The zero-order chi connectivity index (χ0) is 20.3. The van der Waals surface area contributed by atoms with Crippen LogP contribution in [0.1, 0.15) is 0 Å². The number of anilines is 1. The zero-order valence-electron chi connectivity index (χ0n) is 13.9. The highest BCUT2D eigenvalue weighted by Gasteiger charge is 2.18. The van der Waals surface area contributed by atoms with E-state index in [0.717, 1.165) is 17.4 Å². The summed E-state index contributed by atoms with van der Waals surface area (Å²) in [4.78, 5) is 27.1. The van der Waals surface area contributed by atoms with E-state index in [-0.39, 0.29) is 21.3 Å². The molecule has 1 aromatic heterocycles. The molecule has 11 heteroatoms. The van der Waals surface area contributed by atoms with Crippen molar-refractivity contribution in [2.75, 3.05) is 18.5 Å². The number of thiazole rings is 1. The van der Waals surface area contributed by atoms with Crippen molar-refractivity contribution in [2.24, 2.45) is 0 Å². The molecule has 0 aliphatic carbocycles. The fraction of sp³-hybridized carbons (Fsp3) is 0.118. The van der Waals surface area contributed by atoms with Crippen molar-refractivity contribution in [1.29, 1.82) is 0 Å². The van der Waals surface area contributed by atoms with Gasteiger partial charge < -0.3 is 14.6 Å². The van der Waals surface area contributed by atoms with Gasteiger partial charge in [-0.3, -0.25) is 10.1 Å². The van der Waals surface area contributed by atoms with Crippen LogP contribution in [0.3, 0.4) is 0 Å². The topological polar surface area (TPSA) is 97.8 Å². The van der Waals surface area contributed by atoms with Crippen molar-refractivity contribution in [3.63, 3.8) is 0 Å². The minimum atomic E-state index is -1.66. The number of aromatic hydroxyl groups is 1. The molecule has 0 spiro atoms. The molecule has 146 valence electrons. The minimum absolute atomic E-state index is 0.000219. The van der Waals surface area contributed by atoms with Crippen LogP contribution in [0.5, 0.6) is 11.5 Å². The number of amides is 1. The number of rotatable bonds is 6. The van der Waals surface area contributed by atoms with Crippen LogP contribution in [-0.2, 0) is 14.3 Å². The highest BCUT2D eigenvalue weighted by molar-refractivity contribution is 7.22. The Bertz CT molecular complexity index is 1060. The lowest BCUT2D eigenvalue weighted by atomic mass is 10.3. The second-order valence-corrected chi connectivity index (χ2v) is 6.35. The largest absolute Gasteiger partial charge is 0.504 e. The Labute approximate surface area is 159 Å². The van der Waals surface area contributed by atoms with Gasteiger partial charge in [-0.05, 0) is 18.2 Å². The number of ether oxygens (including phenoxy) is 2. The van der Waals surface area contributed by atoms with E-state index >= 15 is 0 Å². The summed E-state index contributed by atoms with van der Waals surface area (Å²) in [7, 11) is 0. The Kier molecular flexibility index (Phi) is 5.64. The molecule has 0 unspecified atom stereocenters. The van der Waals surface area contributed by atoms with Gasteiger partial charge in [0.25, 0.3) is 5.91 Å². The predicted octanol–water partition coefficient (Wildman–Crippen LogP) is 2.98. The van der Waals surface area contributed by atoms with Gasteiger partial charge in [-0.15, -0.1) is 0 Å². The molecule has 0 saturated heterocycles. The lowest BCUT2D eigenvalue weighted by molar-refractivity contribution is -0.149. The third-order valence-corrected chi connectivity index (χ3v) is 4.26. The lowest BCUT2D eigenvalue weighted by Gasteiger charge is -2.07. The van der Waals surface area contributed by atoms with Crippen molar-refractivity contribution >= 4 is 38.6 Å². The van der Waals surface area contributed by atoms with Crippen molar-refractivity contribution < 1.29 is 37.3 Å². The Morgan fingerprint density at radius 2 is 1.89 bits per heavy atom. The summed E-state index contributed by atoms with van der Waals surface area (Å²) in [5.41, 5.74) is -0.424. The first-order valence-corrected chi connectivity index (χ1v) is 8.47. The summed E-state index contributed by atoms with van der Waals surface area (Å²) in [5, 5.41) is 11.6. The standard InChI is InChI=1S/C17H11F3N2O5S/c18-8-5-11-16(15(20)14(8)19)22-17(28-11)21-12(24)6-27-13(25)7-26-10-4-2-1-3-9(10)23/h1-5,23H,6-7H2,(H,21,22,24). The number of aromatic nitrogens is 1. The maximum absolute atomic E-state index is 13.6. The van der Waals surface area contributed by atoms with E-state index in [4.69, 9.17) is 9.47 Å². The molecule has 0 saturated carbocycles. The number of phenols is 1. The molecule has 0 fully saturated rings. The highest BCUT2D eigenvalue weighted by atomic mass is 32.1. The highest BCUT2D eigenvalue weighted by Crippen LogP contribution is 2.30. The van der Waals surface area contributed by atoms with E-state index in [9.17, 15) is 27.9 Å². The fourth-order valence-corrected chi connectivity index (χ4v) is 2.99. The smallest absolute Gasteiger partial charge is 0.344 e. The van der Waals surface area contributed by atoms with Crippen LogP contribution in [0.4, 0.5) is 18.3 Å². The number of halogens is 3. The number of carbonyl (C=O) groups excluding carboxylic acids is 2. The number of phenolic OH excluding ortho intramolecular Hbond substituents is 1. The van der Waals surface area contributed by atoms with Gasteiger partial charge in [-0.1, -0.05) is 23.5 Å². The molecule has 2 aromatic carbocycles. The monoisotopic (exact) mass is 412 g/mol. The van der Waals surface area contributed by atoms with Gasteiger partial charge >= 0.3 is 5.97 Å². The number of carbonyl (C=O) groups is 2. The average Bonchev–Trinajstić information content (AvgIpc) is 3.06. The SMILES string of the molecule is O=C(COC(=O)COc1ccccc1O)Nc1nc2c(F)c(F)c(F)cc2s1. The van der Waals surface area contributed by atoms with Crippen molar-refractivity contribution in [3.05, 3.63) is 47.8 Å². The maximum atomic E-state index is 13.6. The van der Waals surface area contributed by atoms with Crippen LogP contribution in [0.25, 0.3) is 10.2 Å².